The number of non-ortho nitro benzene ring substituents is 1. The molecule has 0 bridgehead atoms. The molecular formula is C11H8F3NO4. The fourth-order valence-corrected chi connectivity index (χ4v) is 1.29. The zero-order valence-electron chi connectivity index (χ0n) is 9.60. The van der Waals surface area contributed by atoms with E-state index < -0.39 is 33.9 Å². The number of benzene rings is 1. The summed E-state index contributed by atoms with van der Waals surface area (Å²) in [6.07, 6.45) is -3.10. The highest BCUT2D eigenvalue weighted by atomic mass is 19.4. The summed E-state index contributed by atoms with van der Waals surface area (Å²) in [5.41, 5.74) is -2.05. The van der Waals surface area contributed by atoms with Crippen LogP contribution in [-0.4, -0.2) is 18.0 Å². The topological polar surface area (TPSA) is 69.4 Å². The number of nitrogens with zero attached hydrogens (tertiary/aromatic N) is 1. The van der Waals surface area contributed by atoms with Crippen LogP contribution in [0.4, 0.5) is 18.9 Å². The molecule has 0 aliphatic carbocycles. The first-order chi connectivity index (χ1) is 8.75. The standard InChI is InChI=1S/C11H8F3NO4/c1-19-10(16)5-2-7-6-8(15(17)18)3-4-9(7)11(12,13)14/h2-6H,1H3. The van der Waals surface area contributed by atoms with Gasteiger partial charge in [0, 0.05) is 18.2 Å². The summed E-state index contributed by atoms with van der Waals surface area (Å²) in [7, 11) is 1.06. The van der Waals surface area contributed by atoms with E-state index in [1.165, 1.54) is 0 Å². The van der Waals surface area contributed by atoms with Crippen molar-refractivity contribution in [2.75, 3.05) is 7.11 Å². The minimum atomic E-state index is -4.68. The maximum Gasteiger partial charge on any atom is 0.416 e. The first-order valence-electron chi connectivity index (χ1n) is 4.87. The molecular weight excluding hydrogens is 267 g/mol. The average molecular weight is 275 g/mol. The number of carbonyl (C=O) groups excluding carboxylic acids is 1. The lowest BCUT2D eigenvalue weighted by atomic mass is 10.1. The van der Waals surface area contributed by atoms with E-state index >= 15 is 0 Å². The van der Waals surface area contributed by atoms with Gasteiger partial charge in [-0.15, -0.1) is 0 Å². The predicted octanol–water partition coefficient (Wildman–Crippen LogP) is 2.80. The maximum absolute atomic E-state index is 12.7. The van der Waals surface area contributed by atoms with Crippen LogP contribution in [-0.2, 0) is 15.7 Å². The number of carbonyl (C=O) groups is 1. The van der Waals surface area contributed by atoms with Crippen LogP contribution < -0.4 is 0 Å². The van der Waals surface area contributed by atoms with Gasteiger partial charge >= 0.3 is 12.1 Å². The lowest BCUT2D eigenvalue weighted by Crippen LogP contribution is -2.08. The zero-order valence-corrected chi connectivity index (χ0v) is 9.60. The number of hydrogen-bond donors (Lipinski definition) is 0. The lowest BCUT2D eigenvalue weighted by molar-refractivity contribution is -0.384. The predicted molar refractivity (Wildman–Crippen MR) is 59.1 cm³/mol. The van der Waals surface area contributed by atoms with Gasteiger partial charge in [-0.25, -0.2) is 4.79 Å². The molecule has 8 heteroatoms. The van der Waals surface area contributed by atoms with E-state index in [0.717, 1.165) is 31.4 Å². The highest BCUT2D eigenvalue weighted by Gasteiger charge is 2.33. The summed E-state index contributed by atoms with van der Waals surface area (Å²) < 4.78 is 42.2. The van der Waals surface area contributed by atoms with Crippen LogP contribution >= 0.6 is 0 Å². The van der Waals surface area contributed by atoms with Crippen LogP contribution in [0.2, 0.25) is 0 Å². The summed E-state index contributed by atoms with van der Waals surface area (Å²) in [4.78, 5) is 20.5. The monoisotopic (exact) mass is 275 g/mol. The molecule has 0 fully saturated rings. The van der Waals surface area contributed by atoms with E-state index in [2.05, 4.69) is 4.74 Å². The van der Waals surface area contributed by atoms with Crippen molar-refractivity contribution in [1.82, 2.24) is 0 Å². The van der Waals surface area contributed by atoms with E-state index in [1.807, 2.05) is 0 Å². The molecule has 19 heavy (non-hydrogen) atoms. The number of esters is 1. The molecule has 1 rings (SSSR count). The number of nitro benzene ring substituents is 1. The normalized spacial score (nSPS) is 11.6. The Balaban J connectivity index is 3.30. The largest absolute Gasteiger partial charge is 0.466 e. The molecule has 0 amide bonds. The summed E-state index contributed by atoms with van der Waals surface area (Å²) in [5, 5.41) is 10.5. The van der Waals surface area contributed by atoms with Crippen LogP contribution in [0.1, 0.15) is 11.1 Å². The molecule has 0 saturated carbocycles. The van der Waals surface area contributed by atoms with E-state index in [1.54, 1.807) is 0 Å². The minimum absolute atomic E-state index is 0.480. The summed E-state index contributed by atoms with van der Waals surface area (Å²) in [6, 6.07) is 2.08. The highest BCUT2D eigenvalue weighted by molar-refractivity contribution is 5.87. The second-order valence-electron chi connectivity index (χ2n) is 3.38. The van der Waals surface area contributed by atoms with Crippen molar-refractivity contribution in [2.45, 2.75) is 6.18 Å². The van der Waals surface area contributed by atoms with Crippen molar-refractivity contribution in [3.63, 3.8) is 0 Å². The molecule has 0 heterocycles. The van der Waals surface area contributed by atoms with Crippen molar-refractivity contribution in [2.24, 2.45) is 0 Å². The third-order valence-corrected chi connectivity index (χ3v) is 2.15. The Hall–Kier alpha value is -2.38. The van der Waals surface area contributed by atoms with Gasteiger partial charge in [-0.05, 0) is 17.7 Å². The third kappa shape index (κ3) is 3.80. The second-order valence-corrected chi connectivity index (χ2v) is 3.38. The first-order valence-corrected chi connectivity index (χ1v) is 4.87. The number of methoxy groups -OCH3 is 1. The molecule has 0 spiro atoms. The maximum atomic E-state index is 12.7. The summed E-state index contributed by atoms with van der Waals surface area (Å²) >= 11 is 0. The van der Waals surface area contributed by atoms with Gasteiger partial charge in [0.1, 0.15) is 0 Å². The van der Waals surface area contributed by atoms with Crippen LogP contribution in [0.15, 0.2) is 24.3 Å². The number of halogens is 3. The van der Waals surface area contributed by atoms with Crippen LogP contribution in [0.5, 0.6) is 0 Å². The lowest BCUT2D eigenvalue weighted by Gasteiger charge is -2.09. The van der Waals surface area contributed by atoms with Gasteiger partial charge in [0.15, 0.2) is 0 Å². The second kappa shape index (κ2) is 5.51. The van der Waals surface area contributed by atoms with Crippen molar-refractivity contribution in [1.29, 1.82) is 0 Å². The fraction of sp³-hybridized carbons (Fsp3) is 0.182. The Morgan fingerprint density at radius 3 is 2.53 bits per heavy atom. The van der Waals surface area contributed by atoms with Crippen molar-refractivity contribution < 1.29 is 27.6 Å². The fourth-order valence-electron chi connectivity index (χ4n) is 1.29. The summed E-state index contributed by atoms with van der Waals surface area (Å²) in [6.45, 7) is 0. The molecule has 1 aromatic rings. The molecule has 102 valence electrons. The molecule has 0 saturated heterocycles. The Labute approximate surface area is 105 Å². The van der Waals surface area contributed by atoms with Gasteiger partial charge in [0.25, 0.3) is 5.69 Å². The molecule has 0 unspecified atom stereocenters. The molecule has 0 radical (unpaired) electrons. The van der Waals surface area contributed by atoms with Gasteiger partial charge in [-0.3, -0.25) is 10.1 Å². The van der Waals surface area contributed by atoms with Gasteiger partial charge in [0.05, 0.1) is 17.6 Å². The van der Waals surface area contributed by atoms with Crippen LogP contribution in [0, 0.1) is 10.1 Å². The van der Waals surface area contributed by atoms with Crippen LogP contribution in [0.3, 0.4) is 0 Å². The number of ether oxygens (including phenoxy) is 1. The molecule has 0 aliphatic rings. The number of rotatable bonds is 3. The minimum Gasteiger partial charge on any atom is -0.466 e. The highest BCUT2D eigenvalue weighted by Crippen LogP contribution is 2.34. The number of alkyl halides is 3. The average Bonchev–Trinajstić information content (AvgIpc) is 2.34. The van der Waals surface area contributed by atoms with E-state index in [9.17, 15) is 28.1 Å². The van der Waals surface area contributed by atoms with E-state index in [4.69, 9.17) is 0 Å². The molecule has 0 aromatic heterocycles. The van der Waals surface area contributed by atoms with Crippen molar-refractivity contribution in [3.05, 3.63) is 45.5 Å². The van der Waals surface area contributed by atoms with Gasteiger partial charge in [-0.1, -0.05) is 0 Å². The molecule has 5 nitrogen and oxygen atoms in total. The van der Waals surface area contributed by atoms with Crippen molar-refractivity contribution >= 4 is 17.7 Å². The Morgan fingerprint density at radius 1 is 1.42 bits per heavy atom. The quantitative estimate of drug-likeness (QED) is 0.368. The smallest absolute Gasteiger partial charge is 0.416 e. The molecule has 1 aromatic carbocycles. The summed E-state index contributed by atoms with van der Waals surface area (Å²) in [5.74, 6) is -0.861. The van der Waals surface area contributed by atoms with Crippen molar-refractivity contribution in [3.8, 4) is 0 Å². The zero-order chi connectivity index (χ0) is 14.6. The Kier molecular flexibility index (Phi) is 4.26. The number of nitro groups is 1. The third-order valence-electron chi connectivity index (χ3n) is 2.15. The molecule has 0 aliphatic heterocycles. The molecule has 0 atom stereocenters. The van der Waals surface area contributed by atoms with E-state index in [0.29, 0.717) is 6.07 Å². The van der Waals surface area contributed by atoms with Gasteiger partial charge < -0.3 is 4.74 Å². The van der Waals surface area contributed by atoms with Crippen LogP contribution in [0.25, 0.3) is 6.08 Å². The van der Waals surface area contributed by atoms with Gasteiger partial charge in [0.2, 0.25) is 0 Å². The number of hydrogen-bond acceptors (Lipinski definition) is 4. The molecule has 0 N–H and O–H groups in total. The van der Waals surface area contributed by atoms with Gasteiger partial charge in [-0.2, -0.15) is 13.2 Å². The Morgan fingerprint density at radius 2 is 2.05 bits per heavy atom. The van der Waals surface area contributed by atoms with E-state index in [-0.39, 0.29) is 0 Å². The Bertz CT molecular complexity index is 537. The SMILES string of the molecule is COC(=O)C=Cc1cc([N+](=O)[O-])ccc1C(F)(F)F. The first kappa shape index (κ1) is 14.7.